The Morgan fingerprint density at radius 3 is 2.31 bits per heavy atom. The largest absolute Gasteiger partial charge is 0.493 e. The van der Waals surface area contributed by atoms with Crippen molar-refractivity contribution in [1.29, 1.82) is 0 Å². The molecule has 39 heavy (non-hydrogen) atoms. The fraction of sp³-hybridized carbons (Fsp3) is 0.600. The molecule has 0 amide bonds. The molecule has 9 heteroatoms. The SMILES string of the molecule is CC.CCOC(=O)c1cn2c(cc1=O)-c1cc(OC)c(OCC3(COC)COC3)cc1CC2C(C)C.CCP. The number of fused-ring (bicyclic) bond motifs is 3. The first-order chi connectivity index (χ1) is 18.7. The molecule has 0 aliphatic carbocycles. The smallest absolute Gasteiger partial charge is 0.343 e. The Morgan fingerprint density at radius 1 is 1.13 bits per heavy atom. The lowest BCUT2D eigenvalue weighted by Gasteiger charge is -2.40. The molecule has 1 aromatic heterocycles. The summed E-state index contributed by atoms with van der Waals surface area (Å²) in [5.41, 5.74) is 2.27. The van der Waals surface area contributed by atoms with E-state index in [2.05, 4.69) is 30.0 Å². The first-order valence-electron chi connectivity index (χ1n) is 13.8. The molecule has 0 radical (unpaired) electrons. The van der Waals surface area contributed by atoms with Crippen molar-refractivity contribution in [3.8, 4) is 22.8 Å². The zero-order valence-corrected chi connectivity index (χ0v) is 26.0. The number of pyridine rings is 1. The van der Waals surface area contributed by atoms with Gasteiger partial charge in [0.05, 0.1) is 44.6 Å². The molecule has 2 aliphatic rings. The third-order valence-corrected chi connectivity index (χ3v) is 6.60. The average molecular weight is 564 g/mol. The molecule has 0 N–H and O–H groups in total. The third-order valence-electron chi connectivity index (χ3n) is 6.60. The summed E-state index contributed by atoms with van der Waals surface area (Å²) in [4.78, 5) is 25.2. The fourth-order valence-electron chi connectivity index (χ4n) is 4.70. The number of ether oxygens (including phenoxy) is 5. The summed E-state index contributed by atoms with van der Waals surface area (Å²) >= 11 is 0. The summed E-state index contributed by atoms with van der Waals surface area (Å²) in [6, 6.07) is 5.52. The van der Waals surface area contributed by atoms with Crippen molar-refractivity contribution in [2.75, 3.05) is 53.4 Å². The van der Waals surface area contributed by atoms with Gasteiger partial charge in [-0.15, -0.1) is 9.24 Å². The minimum Gasteiger partial charge on any atom is -0.493 e. The van der Waals surface area contributed by atoms with E-state index in [0.29, 0.717) is 37.9 Å². The van der Waals surface area contributed by atoms with Crippen molar-refractivity contribution in [2.24, 2.45) is 11.3 Å². The lowest BCUT2D eigenvalue weighted by molar-refractivity contribution is -0.159. The van der Waals surface area contributed by atoms with Gasteiger partial charge in [-0.1, -0.05) is 34.6 Å². The fourth-order valence-corrected chi connectivity index (χ4v) is 4.70. The van der Waals surface area contributed by atoms with Gasteiger partial charge in [-0.05, 0) is 43.1 Å². The highest BCUT2D eigenvalue weighted by Crippen LogP contribution is 2.43. The van der Waals surface area contributed by atoms with E-state index >= 15 is 0 Å². The van der Waals surface area contributed by atoms with Gasteiger partial charge in [-0.3, -0.25) is 4.79 Å². The molecule has 1 aromatic carbocycles. The Labute approximate surface area is 235 Å². The monoisotopic (exact) mass is 563 g/mol. The molecular formula is C30H46NO7P. The van der Waals surface area contributed by atoms with Crippen LogP contribution in [0.2, 0.25) is 0 Å². The Morgan fingerprint density at radius 2 is 1.79 bits per heavy atom. The van der Waals surface area contributed by atoms with Gasteiger partial charge in [0.1, 0.15) is 12.2 Å². The second-order valence-corrected chi connectivity index (χ2v) is 10.7. The normalized spacial score (nSPS) is 16.3. The van der Waals surface area contributed by atoms with E-state index in [1.165, 1.54) is 12.2 Å². The number of carbonyl (C=O) groups excluding carboxylic acids is 1. The molecular weight excluding hydrogens is 517 g/mol. The van der Waals surface area contributed by atoms with Crippen LogP contribution in [0.1, 0.15) is 63.5 Å². The van der Waals surface area contributed by atoms with Gasteiger partial charge in [0.2, 0.25) is 0 Å². The Bertz CT molecular complexity index is 1140. The summed E-state index contributed by atoms with van der Waals surface area (Å²) < 4.78 is 29.8. The van der Waals surface area contributed by atoms with Gasteiger partial charge < -0.3 is 28.3 Å². The van der Waals surface area contributed by atoms with E-state index in [-0.39, 0.29) is 35.0 Å². The van der Waals surface area contributed by atoms with E-state index in [9.17, 15) is 9.59 Å². The second kappa shape index (κ2) is 15.4. The highest BCUT2D eigenvalue weighted by atomic mass is 31.0. The molecule has 0 spiro atoms. The number of benzene rings is 1. The maximum Gasteiger partial charge on any atom is 0.343 e. The van der Waals surface area contributed by atoms with Crippen LogP contribution >= 0.6 is 9.24 Å². The van der Waals surface area contributed by atoms with Gasteiger partial charge in [0, 0.05) is 31.0 Å². The number of aromatic nitrogens is 1. The summed E-state index contributed by atoms with van der Waals surface area (Å²) in [7, 11) is 5.86. The van der Waals surface area contributed by atoms with E-state index < -0.39 is 5.97 Å². The van der Waals surface area contributed by atoms with E-state index in [1.807, 2.05) is 30.5 Å². The van der Waals surface area contributed by atoms with Gasteiger partial charge in [0.15, 0.2) is 16.9 Å². The number of rotatable bonds is 9. The topological polar surface area (TPSA) is 85.2 Å². The molecule has 1 fully saturated rings. The second-order valence-electron chi connectivity index (χ2n) is 9.86. The molecule has 2 aliphatic heterocycles. The Kier molecular flexibility index (Phi) is 12.9. The van der Waals surface area contributed by atoms with Crippen LogP contribution in [-0.4, -0.2) is 64.0 Å². The van der Waals surface area contributed by atoms with Crippen molar-refractivity contribution in [1.82, 2.24) is 4.57 Å². The maximum atomic E-state index is 12.8. The van der Waals surface area contributed by atoms with Crippen LogP contribution in [0.5, 0.6) is 11.5 Å². The molecule has 4 rings (SSSR count). The number of carbonyl (C=O) groups is 1. The first kappa shape index (κ1) is 32.8. The zero-order chi connectivity index (χ0) is 29.2. The van der Waals surface area contributed by atoms with Crippen molar-refractivity contribution in [3.63, 3.8) is 0 Å². The predicted octanol–water partition coefficient (Wildman–Crippen LogP) is 5.40. The van der Waals surface area contributed by atoms with Crippen LogP contribution < -0.4 is 14.9 Å². The molecule has 0 bridgehead atoms. The highest BCUT2D eigenvalue weighted by molar-refractivity contribution is 7.16. The van der Waals surface area contributed by atoms with Crippen LogP contribution in [-0.2, 0) is 20.6 Å². The lowest BCUT2D eigenvalue weighted by atomic mass is 9.86. The zero-order valence-electron chi connectivity index (χ0n) is 24.8. The quantitative estimate of drug-likeness (QED) is 0.298. The van der Waals surface area contributed by atoms with Crippen LogP contribution in [0, 0.1) is 11.3 Å². The van der Waals surface area contributed by atoms with Gasteiger partial charge >= 0.3 is 5.97 Å². The summed E-state index contributed by atoms with van der Waals surface area (Å²) in [5, 5.41) is 0. The molecule has 3 heterocycles. The van der Waals surface area contributed by atoms with Crippen molar-refractivity contribution >= 4 is 15.2 Å². The van der Waals surface area contributed by atoms with E-state index in [0.717, 1.165) is 23.2 Å². The van der Waals surface area contributed by atoms with Crippen LogP contribution in [0.25, 0.3) is 11.3 Å². The number of methoxy groups -OCH3 is 2. The summed E-state index contributed by atoms with van der Waals surface area (Å²) in [6.07, 6.45) is 3.54. The minimum atomic E-state index is -0.595. The van der Waals surface area contributed by atoms with E-state index in [4.69, 9.17) is 23.7 Å². The van der Waals surface area contributed by atoms with Gasteiger partial charge in [0.25, 0.3) is 0 Å². The molecule has 1 saturated heterocycles. The van der Waals surface area contributed by atoms with Crippen LogP contribution in [0.3, 0.4) is 0 Å². The number of nitrogens with zero attached hydrogens (tertiary/aromatic N) is 1. The minimum absolute atomic E-state index is 0.0535. The number of hydrogen-bond acceptors (Lipinski definition) is 7. The maximum absolute atomic E-state index is 12.8. The Hall–Kier alpha value is -2.41. The highest BCUT2D eigenvalue weighted by Gasteiger charge is 2.40. The predicted molar refractivity (Wildman–Crippen MR) is 158 cm³/mol. The Balaban J connectivity index is 0.000000998. The molecule has 2 aromatic rings. The van der Waals surface area contributed by atoms with Crippen molar-refractivity contribution in [3.05, 3.63) is 45.7 Å². The average Bonchev–Trinajstić information content (AvgIpc) is 2.90. The first-order valence-corrected chi connectivity index (χ1v) is 14.6. The third kappa shape index (κ3) is 7.62. The number of esters is 1. The van der Waals surface area contributed by atoms with Gasteiger partial charge in [-0.25, -0.2) is 4.79 Å². The van der Waals surface area contributed by atoms with Crippen LogP contribution in [0.4, 0.5) is 0 Å². The molecule has 2 unspecified atom stereocenters. The molecule has 2 atom stereocenters. The molecule has 218 valence electrons. The number of hydrogen-bond donors (Lipinski definition) is 0. The summed E-state index contributed by atoms with van der Waals surface area (Å²) in [5.74, 6) is 0.920. The summed E-state index contributed by atoms with van der Waals surface area (Å²) in [6.45, 7) is 14.5. The standard InChI is InChI=1S/C26H33NO7.C2H7P.C2H6/c1-6-33-25(29)19-11-27-20(16(2)3)7-17-8-24(34-15-26(12-30-4)13-32-14-26)23(31-5)9-18(17)21(27)10-22(19)28;1-2-3;1-2/h8-11,16,20H,6-7,12-15H2,1-5H3;2-3H2,1H3;1-2H3. The molecule has 8 nitrogen and oxygen atoms in total. The van der Waals surface area contributed by atoms with Crippen molar-refractivity contribution in [2.45, 2.75) is 54.0 Å². The van der Waals surface area contributed by atoms with E-state index in [1.54, 1.807) is 27.3 Å². The molecule has 0 saturated carbocycles. The van der Waals surface area contributed by atoms with Crippen LogP contribution in [0.15, 0.2) is 29.2 Å². The lowest BCUT2D eigenvalue weighted by Crippen LogP contribution is -2.50. The van der Waals surface area contributed by atoms with Gasteiger partial charge in [-0.2, -0.15) is 0 Å². The van der Waals surface area contributed by atoms with Crippen molar-refractivity contribution < 1.29 is 28.5 Å².